The molecule has 0 spiro atoms. The number of hydrogen-bond acceptors (Lipinski definition) is 6. The van der Waals surface area contributed by atoms with Crippen LogP contribution < -0.4 is 14.8 Å². The fraction of sp³-hybridized carbons (Fsp3) is 0.0952. The molecule has 0 saturated carbocycles. The van der Waals surface area contributed by atoms with Gasteiger partial charge >= 0.3 is 0 Å². The number of amides is 1. The van der Waals surface area contributed by atoms with Crippen LogP contribution in [-0.4, -0.2) is 30.1 Å². The molecule has 0 atom stereocenters. The molecule has 1 amide bonds. The monoisotopic (exact) mass is 409 g/mol. The molecule has 2 aromatic heterocycles. The molecular formula is C21H16ClN3O4. The molecule has 0 bridgehead atoms. The summed E-state index contributed by atoms with van der Waals surface area (Å²) in [7, 11) is 3.05. The molecule has 0 saturated heterocycles. The average molecular weight is 410 g/mol. The quantitative estimate of drug-likeness (QED) is 0.509. The first-order chi connectivity index (χ1) is 14.1. The van der Waals surface area contributed by atoms with Crippen molar-refractivity contribution in [3.05, 3.63) is 65.3 Å². The second-order valence-electron chi connectivity index (χ2n) is 6.06. The highest BCUT2D eigenvalue weighted by atomic mass is 35.5. The van der Waals surface area contributed by atoms with Gasteiger partial charge in [-0.3, -0.25) is 4.79 Å². The topological polar surface area (TPSA) is 86.5 Å². The van der Waals surface area contributed by atoms with Gasteiger partial charge in [-0.15, -0.1) is 0 Å². The standard InChI is InChI=1S/C21H16ClN3O4/c1-27-16-8-5-12(10-18(16)28-2)20(26)24-13-6-7-15(22)14(11-13)21-25-19-17(29-21)4-3-9-23-19/h3-11H,1-2H3,(H,24,26). The first kappa shape index (κ1) is 18.8. The molecular weight excluding hydrogens is 394 g/mol. The van der Waals surface area contributed by atoms with E-state index < -0.39 is 0 Å². The third-order valence-corrected chi connectivity index (χ3v) is 4.59. The van der Waals surface area contributed by atoms with E-state index in [4.69, 9.17) is 25.5 Å². The third kappa shape index (κ3) is 3.72. The molecule has 4 rings (SSSR count). The van der Waals surface area contributed by atoms with Gasteiger partial charge in [0.05, 0.1) is 24.8 Å². The molecule has 0 aliphatic rings. The number of rotatable bonds is 5. The number of nitrogens with one attached hydrogen (secondary N) is 1. The van der Waals surface area contributed by atoms with Crippen molar-refractivity contribution in [1.29, 1.82) is 0 Å². The molecule has 1 N–H and O–H groups in total. The zero-order valence-corrected chi connectivity index (χ0v) is 16.4. The van der Waals surface area contributed by atoms with E-state index in [1.807, 2.05) is 0 Å². The van der Waals surface area contributed by atoms with Crippen molar-refractivity contribution in [3.63, 3.8) is 0 Å². The largest absolute Gasteiger partial charge is 0.493 e. The summed E-state index contributed by atoms with van der Waals surface area (Å²) in [4.78, 5) is 21.2. The zero-order valence-electron chi connectivity index (χ0n) is 15.6. The van der Waals surface area contributed by atoms with Gasteiger partial charge in [-0.25, -0.2) is 4.98 Å². The van der Waals surface area contributed by atoms with E-state index in [1.165, 1.54) is 14.2 Å². The lowest BCUT2D eigenvalue weighted by Crippen LogP contribution is -2.12. The van der Waals surface area contributed by atoms with Crippen LogP contribution in [0, 0.1) is 0 Å². The van der Waals surface area contributed by atoms with Crippen LogP contribution in [0.4, 0.5) is 5.69 Å². The van der Waals surface area contributed by atoms with Gasteiger partial charge < -0.3 is 19.2 Å². The molecule has 146 valence electrons. The molecule has 0 aliphatic heterocycles. The minimum Gasteiger partial charge on any atom is -0.493 e. The Kier molecular flexibility index (Phi) is 5.05. The van der Waals surface area contributed by atoms with Crippen molar-refractivity contribution >= 4 is 34.4 Å². The number of methoxy groups -OCH3 is 2. The van der Waals surface area contributed by atoms with Crippen molar-refractivity contribution in [2.75, 3.05) is 19.5 Å². The van der Waals surface area contributed by atoms with Crippen molar-refractivity contribution in [2.24, 2.45) is 0 Å². The predicted octanol–water partition coefficient (Wildman–Crippen LogP) is 4.81. The third-order valence-electron chi connectivity index (χ3n) is 4.27. The van der Waals surface area contributed by atoms with Crippen LogP contribution in [0.25, 0.3) is 22.7 Å². The van der Waals surface area contributed by atoms with Gasteiger partial charge in [0.1, 0.15) is 0 Å². The van der Waals surface area contributed by atoms with Crippen molar-refractivity contribution in [2.45, 2.75) is 0 Å². The minimum atomic E-state index is -0.307. The summed E-state index contributed by atoms with van der Waals surface area (Å²) in [6.07, 6.45) is 1.63. The average Bonchev–Trinajstić information content (AvgIpc) is 3.18. The number of fused-ring (bicyclic) bond motifs is 1. The lowest BCUT2D eigenvalue weighted by molar-refractivity contribution is 0.102. The van der Waals surface area contributed by atoms with E-state index in [-0.39, 0.29) is 5.91 Å². The zero-order chi connectivity index (χ0) is 20.4. The summed E-state index contributed by atoms with van der Waals surface area (Å²) < 4.78 is 16.2. The molecule has 2 heterocycles. The summed E-state index contributed by atoms with van der Waals surface area (Å²) >= 11 is 6.32. The highest BCUT2D eigenvalue weighted by molar-refractivity contribution is 6.33. The summed E-state index contributed by atoms with van der Waals surface area (Å²) in [6.45, 7) is 0. The second kappa shape index (κ2) is 7.81. The fourth-order valence-electron chi connectivity index (χ4n) is 2.83. The number of benzene rings is 2. The maximum atomic E-state index is 12.7. The molecule has 29 heavy (non-hydrogen) atoms. The highest BCUT2D eigenvalue weighted by Gasteiger charge is 2.15. The Hall–Kier alpha value is -3.58. The fourth-order valence-corrected chi connectivity index (χ4v) is 3.03. The molecule has 7 nitrogen and oxygen atoms in total. The maximum Gasteiger partial charge on any atom is 0.255 e. The van der Waals surface area contributed by atoms with Crippen molar-refractivity contribution in [3.8, 4) is 23.0 Å². The number of anilines is 1. The van der Waals surface area contributed by atoms with Crippen LogP contribution in [0.2, 0.25) is 5.02 Å². The van der Waals surface area contributed by atoms with Crippen LogP contribution in [-0.2, 0) is 0 Å². The number of carbonyl (C=O) groups is 1. The van der Waals surface area contributed by atoms with Gasteiger partial charge in [0.15, 0.2) is 22.7 Å². The van der Waals surface area contributed by atoms with Gasteiger partial charge in [0.25, 0.3) is 5.91 Å². The Morgan fingerprint density at radius 1 is 1.07 bits per heavy atom. The summed E-state index contributed by atoms with van der Waals surface area (Å²) in [5, 5.41) is 3.28. The number of halogens is 1. The number of hydrogen-bond donors (Lipinski definition) is 1. The molecule has 0 aliphatic carbocycles. The van der Waals surface area contributed by atoms with Crippen molar-refractivity contribution in [1.82, 2.24) is 9.97 Å². The molecule has 0 radical (unpaired) electrons. The number of ether oxygens (including phenoxy) is 2. The van der Waals surface area contributed by atoms with Gasteiger partial charge in [-0.1, -0.05) is 11.6 Å². The van der Waals surface area contributed by atoms with Gasteiger partial charge in [-0.2, -0.15) is 4.98 Å². The van der Waals surface area contributed by atoms with Crippen molar-refractivity contribution < 1.29 is 18.7 Å². The van der Waals surface area contributed by atoms with E-state index in [2.05, 4.69) is 15.3 Å². The van der Waals surface area contributed by atoms with Crippen LogP contribution in [0.5, 0.6) is 11.5 Å². The summed E-state index contributed by atoms with van der Waals surface area (Å²) in [5.74, 6) is 1.03. The van der Waals surface area contributed by atoms with Crippen LogP contribution in [0.15, 0.2) is 59.1 Å². The molecule has 0 unspecified atom stereocenters. The Morgan fingerprint density at radius 2 is 1.90 bits per heavy atom. The number of aromatic nitrogens is 2. The van der Waals surface area contributed by atoms with E-state index in [9.17, 15) is 4.79 Å². The number of oxazole rings is 1. The predicted molar refractivity (Wildman–Crippen MR) is 110 cm³/mol. The molecule has 2 aromatic carbocycles. The normalized spacial score (nSPS) is 10.7. The van der Waals surface area contributed by atoms with E-state index in [0.29, 0.717) is 50.5 Å². The van der Waals surface area contributed by atoms with Crippen LogP contribution in [0.3, 0.4) is 0 Å². The Bertz CT molecular complexity index is 1170. The Balaban J connectivity index is 1.63. The summed E-state index contributed by atoms with van der Waals surface area (Å²) in [6, 6.07) is 13.5. The highest BCUT2D eigenvalue weighted by Crippen LogP contribution is 2.32. The maximum absolute atomic E-state index is 12.7. The molecule has 8 heteroatoms. The van der Waals surface area contributed by atoms with Crippen LogP contribution in [0.1, 0.15) is 10.4 Å². The number of pyridine rings is 1. The van der Waals surface area contributed by atoms with Gasteiger partial charge in [0.2, 0.25) is 5.89 Å². The Labute approximate surface area is 171 Å². The lowest BCUT2D eigenvalue weighted by atomic mass is 10.1. The number of carbonyl (C=O) groups excluding carboxylic acids is 1. The first-order valence-electron chi connectivity index (χ1n) is 8.64. The lowest BCUT2D eigenvalue weighted by Gasteiger charge is -2.11. The Morgan fingerprint density at radius 3 is 2.66 bits per heavy atom. The van der Waals surface area contributed by atoms with E-state index >= 15 is 0 Å². The summed E-state index contributed by atoms with van der Waals surface area (Å²) in [5.41, 5.74) is 2.55. The smallest absolute Gasteiger partial charge is 0.255 e. The molecule has 4 aromatic rings. The van der Waals surface area contributed by atoms with E-state index in [0.717, 1.165) is 0 Å². The second-order valence-corrected chi connectivity index (χ2v) is 6.47. The number of nitrogens with zero attached hydrogens (tertiary/aromatic N) is 2. The van der Waals surface area contributed by atoms with Crippen LogP contribution >= 0.6 is 11.6 Å². The SMILES string of the molecule is COc1ccc(C(=O)Nc2ccc(Cl)c(-c3nc4ncccc4o3)c2)cc1OC. The minimum absolute atomic E-state index is 0.307. The molecule has 0 fully saturated rings. The first-order valence-corrected chi connectivity index (χ1v) is 9.01. The van der Waals surface area contributed by atoms with Gasteiger partial charge in [0, 0.05) is 17.4 Å². The van der Waals surface area contributed by atoms with E-state index in [1.54, 1.807) is 54.7 Å². The van der Waals surface area contributed by atoms with Gasteiger partial charge in [-0.05, 0) is 48.5 Å².